The Hall–Kier alpha value is -3.36. The first-order valence-corrected chi connectivity index (χ1v) is 9.53. The van der Waals surface area contributed by atoms with Gasteiger partial charge in [-0.25, -0.2) is 9.48 Å². The van der Waals surface area contributed by atoms with Crippen LogP contribution in [0.25, 0.3) is 5.69 Å². The Bertz CT molecular complexity index is 954. The number of nitrogens with zero attached hydrogens (tertiary/aromatic N) is 3. The summed E-state index contributed by atoms with van der Waals surface area (Å²) in [5.74, 6) is 0.0595. The van der Waals surface area contributed by atoms with Crippen LogP contribution < -0.4 is 15.4 Å². The molecule has 0 spiro atoms. The first-order valence-electron chi connectivity index (χ1n) is 9.53. The normalized spacial score (nSPS) is 24.2. The Labute approximate surface area is 168 Å². The number of ether oxygens (including phenoxy) is 1. The molecule has 29 heavy (non-hydrogen) atoms. The maximum atomic E-state index is 13.0. The average Bonchev–Trinajstić information content (AvgIpc) is 3.32. The van der Waals surface area contributed by atoms with Crippen molar-refractivity contribution in [3.05, 3.63) is 42.2 Å². The van der Waals surface area contributed by atoms with Crippen LogP contribution in [0.5, 0.6) is 5.75 Å². The van der Waals surface area contributed by atoms with Gasteiger partial charge in [0.1, 0.15) is 11.3 Å². The maximum Gasteiger partial charge on any atom is 0.322 e. The number of rotatable bonds is 4. The maximum absolute atomic E-state index is 13.0. The second-order valence-corrected chi connectivity index (χ2v) is 7.54. The van der Waals surface area contributed by atoms with Gasteiger partial charge < -0.3 is 15.0 Å². The summed E-state index contributed by atoms with van der Waals surface area (Å²) in [6.45, 7) is 2.69. The molecule has 2 saturated heterocycles. The predicted octanol–water partition coefficient (Wildman–Crippen LogP) is 1.33. The zero-order chi connectivity index (χ0) is 20.6. The second kappa shape index (κ2) is 7.23. The van der Waals surface area contributed by atoms with Gasteiger partial charge in [-0.2, -0.15) is 5.10 Å². The summed E-state index contributed by atoms with van der Waals surface area (Å²) in [6.07, 6.45) is 3.25. The number of imide groups is 1. The molecular formula is C20H23N5O4. The molecule has 4 amide bonds. The highest BCUT2D eigenvalue weighted by molar-refractivity contribution is 6.07. The highest BCUT2D eigenvalue weighted by atomic mass is 16.5. The number of aromatic nitrogens is 2. The largest absolute Gasteiger partial charge is 0.497 e. The molecule has 152 valence electrons. The quantitative estimate of drug-likeness (QED) is 0.758. The number of nitrogens with one attached hydrogen (secondary N) is 2. The number of hydrogen-bond donors (Lipinski definition) is 2. The molecule has 2 fully saturated rings. The number of likely N-dealkylation sites (tertiary alicyclic amines) is 1. The number of carbonyl (C=O) groups is 3. The van der Waals surface area contributed by atoms with Gasteiger partial charge in [0.05, 0.1) is 12.8 Å². The third-order valence-corrected chi connectivity index (χ3v) is 5.74. The Morgan fingerprint density at radius 3 is 2.66 bits per heavy atom. The fourth-order valence-electron chi connectivity index (χ4n) is 3.96. The monoisotopic (exact) mass is 397 g/mol. The van der Waals surface area contributed by atoms with E-state index in [1.807, 2.05) is 24.3 Å². The standard InChI is InChI=1S/C20H23N5O4/c1-20(18(27)21-19(28)22-20)13-4-3-10-24(12-13)17(26)16-9-11-25(23-16)14-5-7-15(29-2)8-6-14/h5-9,11,13H,3-4,10,12H2,1-2H3,(H2,21,22,27,28)/t13-,20-/m1/s1. The van der Waals surface area contributed by atoms with Crippen LogP contribution in [0.15, 0.2) is 36.5 Å². The molecule has 2 aliphatic rings. The minimum absolute atomic E-state index is 0.157. The summed E-state index contributed by atoms with van der Waals surface area (Å²) >= 11 is 0. The predicted molar refractivity (Wildman–Crippen MR) is 104 cm³/mol. The number of piperidine rings is 1. The first-order chi connectivity index (χ1) is 13.9. The molecule has 2 atom stereocenters. The molecule has 0 aliphatic carbocycles. The summed E-state index contributed by atoms with van der Waals surface area (Å²) in [6, 6.07) is 8.57. The molecule has 0 unspecified atom stereocenters. The number of amides is 4. The minimum atomic E-state index is -1.00. The van der Waals surface area contributed by atoms with E-state index in [9.17, 15) is 14.4 Å². The topological polar surface area (TPSA) is 106 Å². The van der Waals surface area contributed by atoms with E-state index in [1.54, 1.807) is 35.9 Å². The van der Waals surface area contributed by atoms with Gasteiger partial charge in [0.15, 0.2) is 5.69 Å². The van der Waals surface area contributed by atoms with E-state index in [-0.39, 0.29) is 17.7 Å². The zero-order valence-electron chi connectivity index (χ0n) is 16.3. The number of methoxy groups -OCH3 is 1. The smallest absolute Gasteiger partial charge is 0.322 e. The number of carbonyl (C=O) groups excluding carboxylic acids is 3. The lowest BCUT2D eigenvalue weighted by atomic mass is 9.80. The third kappa shape index (κ3) is 3.43. The number of urea groups is 1. The molecule has 9 heteroatoms. The van der Waals surface area contributed by atoms with Crippen LogP contribution in [0, 0.1) is 5.92 Å². The Morgan fingerprint density at radius 1 is 1.24 bits per heavy atom. The lowest BCUT2D eigenvalue weighted by Gasteiger charge is -2.39. The van der Waals surface area contributed by atoms with Crippen LogP contribution in [-0.4, -0.2) is 58.3 Å². The summed E-state index contributed by atoms with van der Waals surface area (Å²) < 4.78 is 6.80. The fourth-order valence-corrected chi connectivity index (χ4v) is 3.96. The van der Waals surface area contributed by atoms with Crippen molar-refractivity contribution in [2.75, 3.05) is 20.2 Å². The molecule has 0 bridgehead atoms. The molecule has 2 N–H and O–H groups in total. The van der Waals surface area contributed by atoms with Gasteiger partial charge in [-0.15, -0.1) is 0 Å². The molecule has 4 rings (SSSR count). The average molecular weight is 397 g/mol. The van der Waals surface area contributed by atoms with Gasteiger partial charge >= 0.3 is 6.03 Å². The molecular weight excluding hydrogens is 374 g/mol. The lowest BCUT2D eigenvalue weighted by Crippen LogP contribution is -2.56. The number of benzene rings is 1. The van der Waals surface area contributed by atoms with Gasteiger partial charge in [0.2, 0.25) is 0 Å². The van der Waals surface area contributed by atoms with Crippen LogP contribution in [0.2, 0.25) is 0 Å². The van der Waals surface area contributed by atoms with Crippen LogP contribution in [0.1, 0.15) is 30.3 Å². The van der Waals surface area contributed by atoms with Crippen molar-refractivity contribution in [2.45, 2.75) is 25.3 Å². The van der Waals surface area contributed by atoms with Crippen LogP contribution in [0.4, 0.5) is 4.79 Å². The van der Waals surface area contributed by atoms with Crippen molar-refractivity contribution in [3.63, 3.8) is 0 Å². The summed E-state index contributed by atoms with van der Waals surface area (Å²) in [7, 11) is 1.60. The minimum Gasteiger partial charge on any atom is -0.497 e. The van der Waals surface area contributed by atoms with Gasteiger partial charge in [-0.1, -0.05) is 0 Å². The molecule has 1 aromatic carbocycles. The van der Waals surface area contributed by atoms with E-state index in [4.69, 9.17) is 4.74 Å². The van der Waals surface area contributed by atoms with E-state index >= 15 is 0 Å². The fraction of sp³-hybridized carbons (Fsp3) is 0.400. The second-order valence-electron chi connectivity index (χ2n) is 7.54. The van der Waals surface area contributed by atoms with Crippen molar-refractivity contribution < 1.29 is 19.1 Å². The molecule has 1 aromatic heterocycles. The highest BCUT2D eigenvalue weighted by Gasteiger charge is 2.49. The van der Waals surface area contributed by atoms with Gasteiger partial charge in [-0.3, -0.25) is 14.9 Å². The van der Waals surface area contributed by atoms with Crippen LogP contribution in [0.3, 0.4) is 0 Å². The van der Waals surface area contributed by atoms with Crippen molar-refractivity contribution in [1.29, 1.82) is 0 Å². The molecule has 2 aliphatic heterocycles. The SMILES string of the molecule is COc1ccc(-n2ccc(C(=O)N3CCC[C@@H]([C@@]4(C)NC(=O)NC4=O)C3)n2)cc1. The summed E-state index contributed by atoms with van der Waals surface area (Å²) in [5, 5.41) is 9.42. The first kappa shape index (κ1) is 19.0. The van der Waals surface area contributed by atoms with Gasteiger partial charge in [0.25, 0.3) is 11.8 Å². The molecule has 0 saturated carbocycles. The molecule has 3 heterocycles. The van der Waals surface area contributed by atoms with Crippen molar-refractivity contribution in [2.24, 2.45) is 5.92 Å². The Morgan fingerprint density at radius 2 is 2.00 bits per heavy atom. The van der Waals surface area contributed by atoms with Crippen LogP contribution >= 0.6 is 0 Å². The zero-order valence-corrected chi connectivity index (χ0v) is 16.3. The van der Waals surface area contributed by atoms with E-state index in [0.29, 0.717) is 18.8 Å². The summed E-state index contributed by atoms with van der Waals surface area (Å²) in [4.78, 5) is 38.5. The summed E-state index contributed by atoms with van der Waals surface area (Å²) in [5.41, 5.74) is 0.157. The van der Waals surface area contributed by atoms with E-state index in [2.05, 4.69) is 15.7 Å². The third-order valence-electron chi connectivity index (χ3n) is 5.74. The van der Waals surface area contributed by atoms with E-state index in [1.165, 1.54) is 0 Å². The van der Waals surface area contributed by atoms with Crippen molar-refractivity contribution in [3.8, 4) is 11.4 Å². The van der Waals surface area contributed by atoms with Gasteiger partial charge in [0, 0.05) is 25.2 Å². The van der Waals surface area contributed by atoms with E-state index in [0.717, 1.165) is 24.3 Å². The molecule has 0 radical (unpaired) electrons. The lowest BCUT2D eigenvalue weighted by molar-refractivity contribution is -0.125. The van der Waals surface area contributed by atoms with Crippen molar-refractivity contribution in [1.82, 2.24) is 25.3 Å². The number of hydrogen-bond acceptors (Lipinski definition) is 5. The van der Waals surface area contributed by atoms with Crippen LogP contribution in [-0.2, 0) is 4.79 Å². The highest BCUT2D eigenvalue weighted by Crippen LogP contribution is 2.30. The molecule has 2 aromatic rings. The Balaban J connectivity index is 1.49. The Kier molecular flexibility index (Phi) is 4.73. The van der Waals surface area contributed by atoms with E-state index < -0.39 is 11.6 Å². The van der Waals surface area contributed by atoms with Gasteiger partial charge in [-0.05, 0) is 50.1 Å². The van der Waals surface area contributed by atoms with Crippen molar-refractivity contribution >= 4 is 17.8 Å². The molecule has 9 nitrogen and oxygen atoms in total.